The number of halogens is 2. The van der Waals surface area contributed by atoms with Gasteiger partial charge in [0.1, 0.15) is 12.2 Å². The highest BCUT2D eigenvalue weighted by Crippen LogP contribution is 2.25. The van der Waals surface area contributed by atoms with Gasteiger partial charge in [0.25, 0.3) is 12.3 Å². The maximum atomic E-state index is 12.3. The van der Waals surface area contributed by atoms with Crippen LogP contribution in [-0.2, 0) is 16.6 Å². The quantitative estimate of drug-likeness (QED) is 0.827. The zero-order valence-electron chi connectivity index (χ0n) is 12.0. The van der Waals surface area contributed by atoms with E-state index in [0.717, 1.165) is 4.68 Å². The number of carbonyl (C=O) groups is 1. The van der Waals surface area contributed by atoms with Crippen LogP contribution in [0, 0.1) is 11.8 Å². The van der Waals surface area contributed by atoms with Gasteiger partial charge in [-0.3, -0.25) is 9.48 Å². The Kier molecular flexibility index (Phi) is 4.81. The third-order valence-electron chi connectivity index (χ3n) is 3.69. The minimum Gasteiger partial charge on any atom is -0.337 e. The standard InChI is InChI=1S/C12H18F2N4O3S/c1-8-4-17(5-9(8)7-22(15,20)21)12(19)10-2-3-18(16-10)6-11(13)14/h2-3,8-9,11H,4-7H2,1H3,(H2,15,20,21)/t8-,9+/m1/s1. The zero-order valence-corrected chi connectivity index (χ0v) is 12.8. The predicted octanol–water partition coefficient (Wildman–Crippen LogP) is 0.145. The molecule has 0 spiro atoms. The van der Waals surface area contributed by atoms with Crippen molar-refractivity contribution in [2.75, 3.05) is 18.8 Å². The zero-order chi connectivity index (χ0) is 16.5. The monoisotopic (exact) mass is 336 g/mol. The summed E-state index contributed by atoms with van der Waals surface area (Å²) >= 11 is 0. The number of primary sulfonamides is 1. The molecule has 124 valence electrons. The molecule has 0 bridgehead atoms. The number of alkyl halides is 2. The lowest BCUT2D eigenvalue weighted by atomic mass is 10.0. The van der Waals surface area contributed by atoms with Gasteiger partial charge in [0.15, 0.2) is 0 Å². The van der Waals surface area contributed by atoms with Crippen LogP contribution in [-0.4, -0.2) is 54.3 Å². The summed E-state index contributed by atoms with van der Waals surface area (Å²) in [6, 6.07) is 1.38. The van der Waals surface area contributed by atoms with Gasteiger partial charge in [-0.25, -0.2) is 22.3 Å². The van der Waals surface area contributed by atoms with Crippen molar-refractivity contribution in [1.29, 1.82) is 0 Å². The summed E-state index contributed by atoms with van der Waals surface area (Å²) in [6.45, 7) is 1.93. The Bertz CT molecular complexity index is 647. The van der Waals surface area contributed by atoms with Crippen LogP contribution in [0.3, 0.4) is 0 Å². The molecule has 1 amide bonds. The number of likely N-dealkylation sites (tertiary alicyclic amines) is 1. The largest absolute Gasteiger partial charge is 0.337 e. The molecule has 1 aromatic heterocycles. The number of hydrogen-bond acceptors (Lipinski definition) is 4. The van der Waals surface area contributed by atoms with Crippen molar-refractivity contribution in [3.63, 3.8) is 0 Å². The van der Waals surface area contributed by atoms with Crippen molar-refractivity contribution in [2.24, 2.45) is 17.0 Å². The molecule has 0 unspecified atom stereocenters. The van der Waals surface area contributed by atoms with Crippen LogP contribution >= 0.6 is 0 Å². The fourth-order valence-electron chi connectivity index (χ4n) is 2.60. The second kappa shape index (κ2) is 6.29. The summed E-state index contributed by atoms with van der Waals surface area (Å²) in [4.78, 5) is 13.8. The van der Waals surface area contributed by atoms with Crippen LogP contribution in [0.4, 0.5) is 8.78 Å². The second-order valence-electron chi connectivity index (χ2n) is 5.59. The van der Waals surface area contributed by atoms with E-state index in [1.54, 1.807) is 0 Å². The van der Waals surface area contributed by atoms with Gasteiger partial charge < -0.3 is 4.90 Å². The lowest BCUT2D eigenvalue weighted by Crippen LogP contribution is -2.31. The number of aromatic nitrogens is 2. The normalized spacial score (nSPS) is 22.5. The van der Waals surface area contributed by atoms with Crippen LogP contribution in [0.5, 0.6) is 0 Å². The van der Waals surface area contributed by atoms with Crippen LogP contribution in [0.15, 0.2) is 12.3 Å². The van der Waals surface area contributed by atoms with Crippen molar-refractivity contribution in [2.45, 2.75) is 19.9 Å². The first-order valence-corrected chi connectivity index (χ1v) is 8.48. The molecule has 22 heavy (non-hydrogen) atoms. The third-order valence-corrected chi connectivity index (χ3v) is 4.58. The van der Waals surface area contributed by atoms with Gasteiger partial charge in [0.05, 0.1) is 5.75 Å². The van der Waals surface area contributed by atoms with Crippen LogP contribution in [0.1, 0.15) is 17.4 Å². The maximum absolute atomic E-state index is 12.3. The van der Waals surface area contributed by atoms with Gasteiger partial charge in [-0.15, -0.1) is 0 Å². The summed E-state index contributed by atoms with van der Waals surface area (Å²) in [5.74, 6) is -0.818. The fourth-order valence-corrected chi connectivity index (χ4v) is 3.63. The molecule has 0 aromatic carbocycles. The molecule has 2 rings (SSSR count). The molecule has 0 saturated carbocycles. The smallest absolute Gasteiger partial charge is 0.274 e. The van der Waals surface area contributed by atoms with E-state index in [-0.39, 0.29) is 29.8 Å². The van der Waals surface area contributed by atoms with Crippen LogP contribution < -0.4 is 5.14 Å². The average Bonchev–Trinajstić information content (AvgIpc) is 2.94. The molecule has 2 N–H and O–H groups in total. The highest BCUT2D eigenvalue weighted by atomic mass is 32.2. The van der Waals surface area contributed by atoms with Crippen molar-refractivity contribution in [1.82, 2.24) is 14.7 Å². The summed E-state index contributed by atoms with van der Waals surface area (Å²) < 4.78 is 47.9. The summed E-state index contributed by atoms with van der Waals surface area (Å²) in [7, 11) is -3.60. The van der Waals surface area contributed by atoms with Crippen molar-refractivity contribution in [3.05, 3.63) is 18.0 Å². The molecule has 1 aliphatic rings. The molecule has 0 radical (unpaired) electrons. The van der Waals surface area contributed by atoms with Gasteiger partial charge in [-0.1, -0.05) is 6.92 Å². The lowest BCUT2D eigenvalue weighted by Gasteiger charge is -2.14. The Labute approximate surface area is 127 Å². The van der Waals surface area contributed by atoms with Gasteiger partial charge in [0.2, 0.25) is 10.0 Å². The molecule has 1 saturated heterocycles. The number of nitrogens with zero attached hydrogens (tertiary/aromatic N) is 3. The molecule has 10 heteroatoms. The van der Waals surface area contributed by atoms with Gasteiger partial charge in [-0.05, 0) is 17.9 Å². The minimum atomic E-state index is -3.60. The number of hydrogen-bond donors (Lipinski definition) is 1. The number of carbonyl (C=O) groups excluding carboxylic acids is 1. The lowest BCUT2D eigenvalue weighted by molar-refractivity contribution is 0.0775. The predicted molar refractivity (Wildman–Crippen MR) is 74.8 cm³/mol. The van der Waals surface area contributed by atoms with E-state index in [2.05, 4.69) is 5.10 Å². The van der Waals surface area contributed by atoms with E-state index < -0.39 is 28.9 Å². The van der Waals surface area contributed by atoms with Gasteiger partial charge in [-0.2, -0.15) is 5.10 Å². The van der Waals surface area contributed by atoms with Gasteiger partial charge >= 0.3 is 0 Å². The topological polar surface area (TPSA) is 98.3 Å². The molecule has 1 fully saturated rings. The first-order valence-electron chi connectivity index (χ1n) is 6.77. The third kappa shape index (κ3) is 4.23. The van der Waals surface area contributed by atoms with E-state index in [0.29, 0.717) is 6.54 Å². The van der Waals surface area contributed by atoms with E-state index in [1.165, 1.54) is 17.2 Å². The summed E-state index contributed by atoms with van der Waals surface area (Å²) in [5.41, 5.74) is 0.0732. The first kappa shape index (κ1) is 16.8. The van der Waals surface area contributed by atoms with Crippen molar-refractivity contribution < 1.29 is 22.0 Å². The molecule has 1 aromatic rings. The van der Waals surface area contributed by atoms with E-state index in [4.69, 9.17) is 5.14 Å². The van der Waals surface area contributed by atoms with E-state index in [9.17, 15) is 22.0 Å². The molecule has 2 heterocycles. The average molecular weight is 336 g/mol. The summed E-state index contributed by atoms with van der Waals surface area (Å²) in [6.07, 6.45) is -1.23. The Morgan fingerprint density at radius 3 is 2.77 bits per heavy atom. The van der Waals surface area contributed by atoms with E-state index in [1.807, 2.05) is 6.92 Å². The molecule has 2 atom stereocenters. The number of nitrogens with two attached hydrogens (primary N) is 1. The summed E-state index contributed by atoms with van der Waals surface area (Å²) in [5, 5.41) is 8.86. The Hall–Kier alpha value is -1.55. The molecular formula is C12H18F2N4O3S. The van der Waals surface area contributed by atoms with Crippen LogP contribution in [0.2, 0.25) is 0 Å². The van der Waals surface area contributed by atoms with Crippen LogP contribution in [0.25, 0.3) is 0 Å². The Morgan fingerprint density at radius 2 is 2.18 bits per heavy atom. The van der Waals surface area contributed by atoms with E-state index >= 15 is 0 Å². The van der Waals surface area contributed by atoms with Crippen molar-refractivity contribution >= 4 is 15.9 Å². The molecule has 1 aliphatic heterocycles. The minimum absolute atomic E-state index is 0.00887. The second-order valence-corrected chi connectivity index (χ2v) is 7.25. The number of rotatable bonds is 5. The SMILES string of the molecule is C[C@@H]1CN(C(=O)c2ccn(CC(F)F)n2)C[C@H]1CS(N)(=O)=O. The molecule has 0 aliphatic carbocycles. The number of sulfonamides is 1. The number of amides is 1. The Balaban J connectivity index is 2.03. The van der Waals surface area contributed by atoms with Crippen molar-refractivity contribution in [3.8, 4) is 0 Å². The van der Waals surface area contributed by atoms with Gasteiger partial charge in [0, 0.05) is 19.3 Å². The maximum Gasteiger partial charge on any atom is 0.274 e. The first-order chi connectivity index (χ1) is 10.2. The Morgan fingerprint density at radius 1 is 1.50 bits per heavy atom. The fraction of sp³-hybridized carbons (Fsp3) is 0.667. The molecular weight excluding hydrogens is 318 g/mol. The highest BCUT2D eigenvalue weighted by Gasteiger charge is 2.35. The highest BCUT2D eigenvalue weighted by molar-refractivity contribution is 7.89. The molecule has 7 nitrogen and oxygen atoms in total.